The number of hydrogen-bond acceptors (Lipinski definition) is 2. The minimum Gasteiger partial charge on any atom is -0.438 e. The Labute approximate surface area is 131 Å². The van der Waals surface area contributed by atoms with Crippen LogP contribution in [0, 0.1) is 0 Å². The molecule has 0 saturated carbocycles. The van der Waals surface area contributed by atoms with Gasteiger partial charge < -0.3 is 9.64 Å². The normalized spacial score (nSPS) is 23.0. The van der Waals surface area contributed by atoms with E-state index in [1.54, 1.807) is 4.90 Å². The maximum absolute atomic E-state index is 12.5. The van der Waals surface area contributed by atoms with E-state index in [4.69, 9.17) is 4.74 Å². The van der Waals surface area contributed by atoms with Crippen molar-refractivity contribution in [2.75, 3.05) is 6.54 Å². The molecule has 3 rings (SSSR count). The lowest BCUT2D eigenvalue weighted by molar-refractivity contribution is -0.0491. The Morgan fingerprint density at radius 1 is 1.05 bits per heavy atom. The molecular weight excluding hydrogens is 274 g/mol. The van der Waals surface area contributed by atoms with E-state index < -0.39 is 5.60 Å². The lowest BCUT2D eigenvalue weighted by Gasteiger charge is -2.41. The maximum Gasteiger partial charge on any atom is 0.411 e. The number of ether oxygens (including phenoxy) is 1. The number of hydrogen-bond donors (Lipinski definition) is 0. The van der Waals surface area contributed by atoms with Crippen LogP contribution in [0.2, 0.25) is 0 Å². The van der Waals surface area contributed by atoms with Crippen molar-refractivity contribution in [2.45, 2.75) is 31.9 Å². The highest BCUT2D eigenvalue weighted by Crippen LogP contribution is 2.36. The first-order valence-corrected chi connectivity index (χ1v) is 7.70. The van der Waals surface area contributed by atoms with Gasteiger partial charge in [-0.25, -0.2) is 4.79 Å². The molecule has 1 aliphatic heterocycles. The number of amides is 1. The topological polar surface area (TPSA) is 29.5 Å². The summed E-state index contributed by atoms with van der Waals surface area (Å²) in [6.07, 6.45) is 0.550. The van der Waals surface area contributed by atoms with Crippen molar-refractivity contribution in [3.05, 3.63) is 71.8 Å². The Balaban J connectivity index is 1.77. The van der Waals surface area contributed by atoms with E-state index in [9.17, 15) is 4.79 Å². The molecule has 1 aliphatic rings. The van der Waals surface area contributed by atoms with Crippen LogP contribution in [-0.4, -0.2) is 17.5 Å². The first-order chi connectivity index (χ1) is 10.6. The van der Waals surface area contributed by atoms with Crippen molar-refractivity contribution in [3.8, 4) is 0 Å². The van der Waals surface area contributed by atoms with Crippen LogP contribution >= 0.6 is 0 Å². The first-order valence-electron chi connectivity index (χ1n) is 7.70. The Morgan fingerprint density at radius 3 is 2.23 bits per heavy atom. The molecule has 0 aliphatic carbocycles. The highest BCUT2D eigenvalue weighted by Gasteiger charge is 2.39. The molecule has 0 aromatic heterocycles. The summed E-state index contributed by atoms with van der Waals surface area (Å²) in [6, 6.07) is 20.1. The van der Waals surface area contributed by atoms with E-state index in [-0.39, 0.29) is 12.1 Å². The molecule has 0 spiro atoms. The van der Waals surface area contributed by atoms with Crippen LogP contribution in [0.25, 0.3) is 0 Å². The quantitative estimate of drug-likeness (QED) is 0.834. The van der Waals surface area contributed by atoms with Crippen molar-refractivity contribution in [1.82, 2.24) is 4.90 Å². The molecule has 2 atom stereocenters. The van der Waals surface area contributed by atoms with Crippen molar-refractivity contribution in [3.63, 3.8) is 0 Å². The summed E-state index contributed by atoms with van der Waals surface area (Å²) in [6.45, 7) is 4.73. The summed E-state index contributed by atoms with van der Waals surface area (Å²) in [5.74, 6) is 0. The first kappa shape index (κ1) is 14.6. The number of carbonyl (C=O) groups excluding carboxylic acids is 1. The monoisotopic (exact) mass is 295 g/mol. The van der Waals surface area contributed by atoms with Crippen molar-refractivity contribution in [1.29, 1.82) is 0 Å². The fourth-order valence-electron chi connectivity index (χ4n) is 2.98. The molecule has 1 saturated heterocycles. The summed E-state index contributed by atoms with van der Waals surface area (Å²) in [4.78, 5) is 14.3. The van der Waals surface area contributed by atoms with Crippen molar-refractivity contribution >= 4 is 6.09 Å². The Morgan fingerprint density at radius 2 is 1.64 bits per heavy atom. The predicted octanol–water partition coefficient (Wildman–Crippen LogP) is 4.51. The van der Waals surface area contributed by atoms with E-state index in [1.165, 1.54) is 0 Å². The third kappa shape index (κ3) is 2.71. The molecule has 1 heterocycles. The third-order valence-electron chi connectivity index (χ3n) is 4.51. The van der Waals surface area contributed by atoms with Gasteiger partial charge in [0.15, 0.2) is 0 Å². The lowest BCUT2D eigenvalue weighted by Crippen LogP contribution is -2.47. The largest absolute Gasteiger partial charge is 0.438 e. The van der Waals surface area contributed by atoms with Gasteiger partial charge in [-0.15, -0.1) is 0 Å². The zero-order chi connectivity index (χ0) is 15.6. The Hall–Kier alpha value is -2.29. The fourth-order valence-corrected chi connectivity index (χ4v) is 2.98. The number of cyclic esters (lactones) is 1. The average molecular weight is 295 g/mol. The average Bonchev–Trinajstić information content (AvgIpc) is 2.56. The number of rotatable bonds is 3. The molecule has 0 N–H and O–H groups in total. The fraction of sp³-hybridized carbons (Fsp3) is 0.316. The SMILES string of the molecule is C[C@@H](c1ccccc1)N1CC[C@](C)(c2ccccc2)OC1=O. The second-order valence-corrected chi connectivity index (χ2v) is 5.99. The van der Waals surface area contributed by atoms with E-state index >= 15 is 0 Å². The van der Waals surface area contributed by atoms with Crippen LogP contribution in [0.4, 0.5) is 4.79 Å². The molecule has 2 aromatic carbocycles. The lowest BCUT2D eigenvalue weighted by atomic mass is 9.90. The molecule has 3 nitrogen and oxygen atoms in total. The van der Waals surface area contributed by atoms with Crippen molar-refractivity contribution < 1.29 is 9.53 Å². The number of nitrogens with zero attached hydrogens (tertiary/aromatic N) is 1. The summed E-state index contributed by atoms with van der Waals surface area (Å²) < 4.78 is 5.80. The minimum atomic E-state index is -0.536. The van der Waals surface area contributed by atoms with Gasteiger partial charge in [0.25, 0.3) is 0 Å². The van der Waals surface area contributed by atoms with Gasteiger partial charge in [0.1, 0.15) is 5.60 Å². The van der Waals surface area contributed by atoms with E-state index in [0.29, 0.717) is 6.54 Å². The molecule has 1 amide bonds. The van der Waals surface area contributed by atoms with Gasteiger partial charge in [-0.05, 0) is 25.0 Å². The molecule has 3 heteroatoms. The number of benzene rings is 2. The van der Waals surface area contributed by atoms with Gasteiger partial charge in [-0.2, -0.15) is 0 Å². The minimum absolute atomic E-state index is 0.0222. The Kier molecular flexibility index (Phi) is 3.88. The zero-order valence-corrected chi connectivity index (χ0v) is 13.0. The van der Waals surface area contributed by atoms with Crippen molar-refractivity contribution in [2.24, 2.45) is 0 Å². The summed E-state index contributed by atoms with van der Waals surface area (Å²) in [5, 5.41) is 0. The van der Waals surface area contributed by atoms with Crippen LogP contribution in [0.5, 0.6) is 0 Å². The van der Waals surface area contributed by atoms with Gasteiger partial charge in [0.05, 0.1) is 6.04 Å². The summed E-state index contributed by atoms with van der Waals surface area (Å²) in [5.41, 5.74) is 1.64. The molecule has 22 heavy (non-hydrogen) atoms. The molecular formula is C19H21NO2. The van der Waals surface area contributed by atoms with Gasteiger partial charge in [-0.1, -0.05) is 60.7 Å². The van der Waals surface area contributed by atoms with Gasteiger partial charge in [0, 0.05) is 13.0 Å². The Bertz CT molecular complexity index is 641. The van der Waals surface area contributed by atoms with E-state index in [0.717, 1.165) is 17.5 Å². The maximum atomic E-state index is 12.5. The van der Waals surface area contributed by atoms with E-state index in [1.807, 2.05) is 74.5 Å². The highest BCUT2D eigenvalue weighted by molar-refractivity contribution is 5.70. The second kappa shape index (κ2) is 5.84. The van der Waals surface area contributed by atoms with Gasteiger partial charge >= 0.3 is 6.09 Å². The predicted molar refractivity (Wildman–Crippen MR) is 86.5 cm³/mol. The second-order valence-electron chi connectivity index (χ2n) is 5.99. The van der Waals surface area contributed by atoms with Gasteiger partial charge in [-0.3, -0.25) is 0 Å². The molecule has 1 fully saturated rings. The summed E-state index contributed by atoms with van der Waals surface area (Å²) in [7, 11) is 0. The van der Waals surface area contributed by atoms with Crippen LogP contribution in [0.3, 0.4) is 0 Å². The van der Waals surface area contributed by atoms with Crippen LogP contribution in [0.15, 0.2) is 60.7 Å². The standard InChI is InChI=1S/C19H21NO2/c1-15(16-9-5-3-6-10-16)20-14-13-19(2,22-18(20)21)17-11-7-4-8-12-17/h3-12,15H,13-14H2,1-2H3/t15-,19+/m0/s1. The third-order valence-corrected chi connectivity index (χ3v) is 4.51. The van der Waals surface area contributed by atoms with Crippen LogP contribution < -0.4 is 0 Å². The highest BCUT2D eigenvalue weighted by atomic mass is 16.6. The molecule has 0 unspecified atom stereocenters. The van der Waals surface area contributed by atoms with Crippen LogP contribution in [0.1, 0.15) is 37.4 Å². The molecule has 2 aromatic rings. The van der Waals surface area contributed by atoms with Crippen LogP contribution in [-0.2, 0) is 10.3 Å². The molecule has 0 bridgehead atoms. The van der Waals surface area contributed by atoms with E-state index in [2.05, 4.69) is 0 Å². The molecule has 0 radical (unpaired) electrons. The zero-order valence-electron chi connectivity index (χ0n) is 13.0. The number of carbonyl (C=O) groups is 1. The molecule has 114 valence electrons. The smallest absolute Gasteiger partial charge is 0.411 e. The van der Waals surface area contributed by atoms with Gasteiger partial charge in [0.2, 0.25) is 0 Å². The summed E-state index contributed by atoms with van der Waals surface area (Å²) >= 11 is 0.